The normalized spacial score (nSPS) is 20.2. The van der Waals surface area contributed by atoms with Crippen molar-refractivity contribution in [2.45, 2.75) is 52.6 Å². The van der Waals surface area contributed by atoms with Gasteiger partial charge in [0, 0.05) is 17.5 Å². The Kier molecular flexibility index (Phi) is 6.86. The maximum atomic E-state index is 6.46. The van der Waals surface area contributed by atoms with Crippen LogP contribution in [0.4, 0.5) is 0 Å². The van der Waals surface area contributed by atoms with Crippen LogP contribution in [-0.4, -0.2) is 32.5 Å². The van der Waals surface area contributed by atoms with E-state index in [2.05, 4.69) is 75.4 Å². The van der Waals surface area contributed by atoms with Gasteiger partial charge in [-0.05, 0) is 82.5 Å². The molecule has 4 heteroatoms. The molecule has 1 heterocycles. The van der Waals surface area contributed by atoms with E-state index in [1.54, 1.807) is 0 Å². The molecular formula is C33H38O4. The molecule has 1 aliphatic heterocycles. The molecule has 6 rings (SSSR count). The van der Waals surface area contributed by atoms with Gasteiger partial charge in [0.1, 0.15) is 30.0 Å². The van der Waals surface area contributed by atoms with Gasteiger partial charge in [-0.3, -0.25) is 0 Å². The summed E-state index contributed by atoms with van der Waals surface area (Å²) >= 11 is 0. The highest BCUT2D eigenvalue weighted by Crippen LogP contribution is 2.35. The van der Waals surface area contributed by atoms with Gasteiger partial charge < -0.3 is 18.9 Å². The molecule has 0 amide bonds. The van der Waals surface area contributed by atoms with Gasteiger partial charge in [0.25, 0.3) is 0 Å². The molecule has 2 fully saturated rings. The molecule has 1 saturated heterocycles. The fraction of sp³-hybridized carbons (Fsp3) is 0.455. The molecule has 1 saturated carbocycles. The Hall–Kier alpha value is -2.98. The van der Waals surface area contributed by atoms with Crippen molar-refractivity contribution in [1.29, 1.82) is 0 Å². The summed E-state index contributed by atoms with van der Waals surface area (Å²) in [4.78, 5) is 0. The third kappa shape index (κ3) is 5.80. The van der Waals surface area contributed by atoms with E-state index < -0.39 is 0 Å². The second kappa shape index (κ2) is 10.4. The van der Waals surface area contributed by atoms with Crippen LogP contribution in [-0.2, 0) is 11.2 Å². The molecule has 0 radical (unpaired) electrons. The minimum Gasteiger partial charge on any atom is -0.493 e. The number of hydrogen-bond acceptors (Lipinski definition) is 4. The van der Waals surface area contributed by atoms with Crippen molar-refractivity contribution in [3.05, 3.63) is 64.0 Å². The van der Waals surface area contributed by atoms with Crippen LogP contribution in [0.25, 0.3) is 22.9 Å². The Bertz CT molecular complexity index is 1390. The Morgan fingerprint density at radius 3 is 2.46 bits per heavy atom. The fourth-order valence-corrected chi connectivity index (χ4v) is 5.05. The number of hydrogen-bond donors (Lipinski definition) is 0. The zero-order chi connectivity index (χ0) is 25.4. The Morgan fingerprint density at radius 2 is 1.68 bits per heavy atom. The van der Waals surface area contributed by atoms with Crippen LogP contribution in [0.2, 0.25) is 0 Å². The first-order valence-electron chi connectivity index (χ1n) is 13.9. The topological polar surface area (TPSA) is 40.2 Å². The number of rotatable bonds is 11. The molecule has 3 aliphatic rings. The Morgan fingerprint density at radius 1 is 0.919 bits per heavy atom. The summed E-state index contributed by atoms with van der Waals surface area (Å²) in [6.07, 6.45) is 9.38. The summed E-state index contributed by atoms with van der Waals surface area (Å²) in [5.41, 5.74) is 2.44. The lowest BCUT2D eigenvalue weighted by molar-refractivity contribution is 0.261. The summed E-state index contributed by atoms with van der Waals surface area (Å²) in [6, 6.07) is 15.1. The highest BCUT2D eigenvalue weighted by Gasteiger charge is 2.25. The Balaban J connectivity index is 1.46. The van der Waals surface area contributed by atoms with Gasteiger partial charge in [-0.2, -0.15) is 0 Å². The van der Waals surface area contributed by atoms with Crippen molar-refractivity contribution < 1.29 is 18.9 Å². The van der Waals surface area contributed by atoms with E-state index in [0.29, 0.717) is 31.0 Å². The molecule has 3 aromatic carbocycles. The fourth-order valence-electron chi connectivity index (χ4n) is 5.05. The lowest BCUT2D eigenvalue weighted by Crippen LogP contribution is -2.33. The average molecular weight is 499 g/mol. The molecular weight excluding hydrogens is 460 g/mol. The highest BCUT2D eigenvalue weighted by molar-refractivity contribution is 5.89. The second-order valence-electron chi connectivity index (χ2n) is 11.5. The van der Waals surface area contributed by atoms with Gasteiger partial charge >= 0.3 is 0 Å². The molecule has 194 valence electrons. The van der Waals surface area contributed by atoms with E-state index >= 15 is 0 Å². The number of fused-ring (bicyclic) bond motifs is 2. The van der Waals surface area contributed by atoms with Crippen molar-refractivity contribution in [3.63, 3.8) is 0 Å². The largest absolute Gasteiger partial charge is 0.493 e. The highest BCUT2D eigenvalue weighted by atomic mass is 16.6. The zero-order valence-electron chi connectivity index (χ0n) is 22.3. The van der Waals surface area contributed by atoms with Crippen LogP contribution in [0.3, 0.4) is 0 Å². The standard InChI is InChI=1S/C33H38O4/c1-21(2)17-34-26-11-8-25-10-13-33(37-20-27-19-35-27)31(29(25)15-26)16-30-28-14-22(3)4-7-24(28)9-12-32(30)36-18-23-5-6-23/h7-15,21-23,27H,4-6,16-20H2,1-3H3. The molecule has 4 nitrogen and oxygen atoms in total. The maximum absolute atomic E-state index is 6.46. The number of epoxide rings is 1. The average Bonchev–Trinajstić information content (AvgIpc) is 3.82. The lowest BCUT2D eigenvalue weighted by atomic mass is 9.91. The van der Waals surface area contributed by atoms with E-state index in [-0.39, 0.29) is 6.10 Å². The second-order valence-corrected chi connectivity index (χ2v) is 11.5. The summed E-state index contributed by atoms with van der Waals surface area (Å²) in [5.74, 6) is 4.51. The quantitative estimate of drug-likeness (QED) is 0.321. The van der Waals surface area contributed by atoms with Crippen LogP contribution in [0.15, 0.2) is 42.5 Å². The molecule has 0 bridgehead atoms. The summed E-state index contributed by atoms with van der Waals surface area (Å²) in [6.45, 7) is 9.51. The van der Waals surface area contributed by atoms with Gasteiger partial charge in [0.2, 0.25) is 0 Å². The molecule has 3 aromatic rings. The minimum absolute atomic E-state index is 0.204. The van der Waals surface area contributed by atoms with Crippen LogP contribution >= 0.6 is 0 Å². The molecule has 37 heavy (non-hydrogen) atoms. The van der Waals surface area contributed by atoms with E-state index in [9.17, 15) is 0 Å². The molecule has 0 spiro atoms. The SMILES string of the molecule is CC(C)COc1ccc2ccc(OCC3CO3)c(Cc3c(OCC4CC4)ccc4c3=CC(C)CC=4)c2c1. The van der Waals surface area contributed by atoms with E-state index in [1.807, 2.05) is 0 Å². The molecule has 2 unspecified atom stereocenters. The maximum Gasteiger partial charge on any atom is 0.123 e. The van der Waals surface area contributed by atoms with Crippen molar-refractivity contribution in [3.8, 4) is 17.2 Å². The minimum atomic E-state index is 0.204. The van der Waals surface area contributed by atoms with E-state index in [4.69, 9.17) is 18.9 Å². The van der Waals surface area contributed by atoms with Gasteiger partial charge in [0.05, 0.1) is 19.8 Å². The first-order valence-corrected chi connectivity index (χ1v) is 13.9. The van der Waals surface area contributed by atoms with Crippen molar-refractivity contribution >= 4 is 22.9 Å². The Labute approximate surface area is 219 Å². The third-order valence-corrected chi connectivity index (χ3v) is 7.51. The first-order chi connectivity index (χ1) is 18.0. The van der Waals surface area contributed by atoms with Crippen molar-refractivity contribution in [2.75, 3.05) is 26.4 Å². The molecule has 0 N–H and O–H groups in total. The van der Waals surface area contributed by atoms with Gasteiger partial charge in [0.15, 0.2) is 0 Å². The van der Waals surface area contributed by atoms with Crippen LogP contribution in [0.5, 0.6) is 17.2 Å². The third-order valence-electron chi connectivity index (χ3n) is 7.51. The zero-order valence-corrected chi connectivity index (χ0v) is 22.3. The summed E-state index contributed by atoms with van der Waals surface area (Å²) in [7, 11) is 0. The van der Waals surface area contributed by atoms with E-state index in [0.717, 1.165) is 43.3 Å². The van der Waals surface area contributed by atoms with E-state index in [1.165, 1.54) is 45.2 Å². The molecule has 0 aromatic heterocycles. The van der Waals surface area contributed by atoms with Gasteiger partial charge in [-0.25, -0.2) is 0 Å². The van der Waals surface area contributed by atoms with Crippen LogP contribution < -0.4 is 24.6 Å². The van der Waals surface area contributed by atoms with Crippen molar-refractivity contribution in [2.24, 2.45) is 17.8 Å². The predicted octanol–water partition coefficient (Wildman–Crippen LogP) is 5.63. The molecule has 2 aliphatic carbocycles. The summed E-state index contributed by atoms with van der Waals surface area (Å²) < 4.78 is 24.4. The number of ether oxygens (including phenoxy) is 4. The number of benzene rings is 3. The van der Waals surface area contributed by atoms with Crippen molar-refractivity contribution in [1.82, 2.24) is 0 Å². The van der Waals surface area contributed by atoms with Gasteiger partial charge in [-0.1, -0.05) is 51.1 Å². The monoisotopic (exact) mass is 498 g/mol. The van der Waals surface area contributed by atoms with Crippen LogP contribution in [0.1, 0.15) is 51.2 Å². The molecule has 2 atom stereocenters. The lowest BCUT2D eigenvalue weighted by Gasteiger charge is -2.19. The summed E-state index contributed by atoms with van der Waals surface area (Å²) in [5, 5.41) is 4.99. The van der Waals surface area contributed by atoms with Gasteiger partial charge in [-0.15, -0.1) is 0 Å². The predicted molar refractivity (Wildman–Crippen MR) is 149 cm³/mol. The van der Waals surface area contributed by atoms with Crippen LogP contribution in [0, 0.1) is 17.8 Å². The first kappa shape index (κ1) is 24.4. The smallest absolute Gasteiger partial charge is 0.123 e.